The molecule has 0 unspecified atom stereocenters. The quantitative estimate of drug-likeness (QED) is 0.359. The van der Waals surface area contributed by atoms with Crippen molar-refractivity contribution in [2.45, 2.75) is 37.0 Å². The van der Waals surface area contributed by atoms with Crippen LogP contribution in [0.5, 0.6) is 5.75 Å². The van der Waals surface area contributed by atoms with Crippen LogP contribution in [0.2, 0.25) is 5.02 Å². The minimum Gasteiger partial charge on any atom is -0.495 e. The van der Waals surface area contributed by atoms with Crippen molar-refractivity contribution in [1.29, 1.82) is 0 Å². The molecule has 0 saturated carbocycles. The van der Waals surface area contributed by atoms with Gasteiger partial charge in [-0.2, -0.15) is 0 Å². The topological polar surface area (TPSA) is 68.5 Å². The maximum absolute atomic E-state index is 12.9. The largest absolute Gasteiger partial charge is 0.495 e. The molecule has 0 fully saturated rings. The van der Waals surface area contributed by atoms with E-state index in [1.54, 1.807) is 36.6 Å². The van der Waals surface area contributed by atoms with Crippen LogP contribution in [0.15, 0.2) is 40.7 Å². The second-order valence-electron chi connectivity index (χ2n) is 6.66. The summed E-state index contributed by atoms with van der Waals surface area (Å²) in [6, 6.07) is 9.42. The van der Waals surface area contributed by atoms with Gasteiger partial charge in [0.15, 0.2) is 0 Å². The Balaban J connectivity index is 1.61. The number of aromatic nitrogens is 3. The monoisotopic (exact) mass is 460 g/mol. The highest BCUT2D eigenvalue weighted by Gasteiger charge is 2.22. The third kappa shape index (κ3) is 3.87. The number of thiophene rings is 1. The summed E-state index contributed by atoms with van der Waals surface area (Å²) in [5.41, 5.74) is 2.76. The van der Waals surface area contributed by atoms with Crippen LogP contribution in [0.1, 0.15) is 26.1 Å². The van der Waals surface area contributed by atoms with E-state index in [1.807, 2.05) is 6.92 Å². The van der Waals surface area contributed by atoms with Crippen LogP contribution in [0.3, 0.4) is 0 Å². The zero-order chi connectivity index (χ0) is 21.3. The minimum absolute atomic E-state index is 0.100. The Morgan fingerprint density at radius 3 is 2.80 bits per heavy atom. The van der Waals surface area contributed by atoms with Crippen LogP contribution in [0.25, 0.3) is 15.7 Å². The first-order valence-electron chi connectivity index (χ1n) is 9.61. The molecular weight excluding hydrogens is 440 g/mol. The SMILES string of the molecule is CCc1nnc(S[C@@H](CC)C(=O)Nc2ccc(OC)c(Cl)c2)c2cc3sccc3n12. The zero-order valence-electron chi connectivity index (χ0n) is 16.8. The number of benzene rings is 1. The van der Waals surface area contributed by atoms with Crippen molar-refractivity contribution in [2.24, 2.45) is 0 Å². The number of ether oxygens (including phenoxy) is 1. The predicted molar refractivity (Wildman–Crippen MR) is 124 cm³/mol. The van der Waals surface area contributed by atoms with E-state index in [1.165, 1.54) is 16.5 Å². The molecule has 1 aromatic carbocycles. The summed E-state index contributed by atoms with van der Waals surface area (Å²) >= 11 is 9.30. The number of hydrogen-bond donors (Lipinski definition) is 1. The number of carbonyl (C=O) groups is 1. The molecule has 6 nitrogen and oxygen atoms in total. The Labute approximate surface area is 187 Å². The second-order valence-corrected chi connectivity index (χ2v) is 9.21. The summed E-state index contributed by atoms with van der Waals surface area (Å²) < 4.78 is 8.50. The van der Waals surface area contributed by atoms with Crippen LogP contribution in [-0.2, 0) is 11.2 Å². The Hall–Kier alpha value is -2.29. The molecule has 1 atom stereocenters. The lowest BCUT2D eigenvalue weighted by Gasteiger charge is -2.16. The number of thioether (sulfide) groups is 1. The molecule has 0 radical (unpaired) electrons. The minimum atomic E-state index is -0.315. The Kier molecular flexibility index (Phi) is 6.17. The normalized spacial score (nSPS) is 12.4. The number of nitrogens with one attached hydrogen (secondary N) is 1. The molecule has 1 amide bonds. The van der Waals surface area contributed by atoms with Crippen LogP contribution < -0.4 is 10.1 Å². The van der Waals surface area contributed by atoms with Gasteiger partial charge in [0, 0.05) is 12.1 Å². The molecule has 1 N–H and O–H groups in total. The summed E-state index contributed by atoms with van der Waals surface area (Å²) in [6.07, 6.45) is 1.43. The fraction of sp³-hybridized carbons (Fsp3) is 0.286. The third-order valence-electron chi connectivity index (χ3n) is 4.81. The molecule has 156 valence electrons. The van der Waals surface area contributed by atoms with Crippen molar-refractivity contribution < 1.29 is 9.53 Å². The molecule has 3 aromatic heterocycles. The van der Waals surface area contributed by atoms with Crippen LogP contribution in [-0.4, -0.2) is 32.9 Å². The van der Waals surface area contributed by atoms with Crippen molar-refractivity contribution in [1.82, 2.24) is 14.6 Å². The lowest BCUT2D eigenvalue weighted by atomic mass is 10.2. The van der Waals surface area contributed by atoms with E-state index in [-0.39, 0.29) is 11.2 Å². The first-order valence-corrected chi connectivity index (χ1v) is 11.7. The molecule has 30 heavy (non-hydrogen) atoms. The molecule has 0 aliphatic rings. The molecule has 0 bridgehead atoms. The molecule has 3 heterocycles. The zero-order valence-corrected chi connectivity index (χ0v) is 19.2. The smallest absolute Gasteiger partial charge is 0.237 e. The van der Waals surface area contributed by atoms with Crippen LogP contribution in [0.4, 0.5) is 5.69 Å². The summed E-state index contributed by atoms with van der Waals surface area (Å²) in [5, 5.41) is 14.8. The second kappa shape index (κ2) is 8.83. The number of anilines is 1. The summed E-state index contributed by atoms with van der Waals surface area (Å²) in [5.74, 6) is 1.38. The van der Waals surface area contributed by atoms with E-state index < -0.39 is 0 Å². The fourth-order valence-corrected chi connectivity index (χ4v) is 5.32. The molecular formula is C21H21ClN4O2S2. The third-order valence-corrected chi connectivity index (χ3v) is 7.30. The number of nitrogens with zero attached hydrogens (tertiary/aromatic N) is 3. The van der Waals surface area contributed by atoms with Crippen LogP contribution in [0, 0.1) is 0 Å². The number of hydrogen-bond acceptors (Lipinski definition) is 6. The first kappa shape index (κ1) is 21.0. The summed E-state index contributed by atoms with van der Waals surface area (Å²) in [6.45, 7) is 4.05. The molecule has 4 rings (SSSR count). The molecule has 0 saturated heterocycles. The standard InChI is InChI=1S/C21H21ClN4O2S2/c1-4-17(20(27)23-12-6-7-16(28-3)13(22)10-12)30-21-15-11-18-14(8-9-29-18)26(15)19(5-2)24-25-21/h6-11,17H,4-5H2,1-3H3,(H,23,27)/t17-/m0/s1. The number of methoxy groups -OCH3 is 1. The molecule has 9 heteroatoms. The number of aryl methyl sites for hydroxylation is 1. The molecule has 0 spiro atoms. The van der Waals surface area contributed by atoms with Crippen molar-refractivity contribution >= 4 is 62.0 Å². The number of fused-ring (bicyclic) bond motifs is 3. The van der Waals surface area contributed by atoms with E-state index in [9.17, 15) is 4.79 Å². The molecule has 0 aliphatic carbocycles. The van der Waals surface area contributed by atoms with E-state index in [0.29, 0.717) is 22.9 Å². The van der Waals surface area contributed by atoms with E-state index in [4.69, 9.17) is 16.3 Å². The van der Waals surface area contributed by atoms with Gasteiger partial charge in [-0.15, -0.1) is 21.5 Å². The number of amides is 1. The van der Waals surface area contributed by atoms with Crippen molar-refractivity contribution in [3.05, 3.63) is 46.6 Å². The van der Waals surface area contributed by atoms with Gasteiger partial charge in [0.2, 0.25) is 5.91 Å². The number of rotatable bonds is 7. The Morgan fingerprint density at radius 2 is 2.10 bits per heavy atom. The summed E-state index contributed by atoms with van der Waals surface area (Å²) in [4.78, 5) is 12.9. The maximum atomic E-state index is 12.9. The van der Waals surface area contributed by atoms with E-state index in [2.05, 4.69) is 44.4 Å². The number of halogens is 1. The highest BCUT2D eigenvalue weighted by Crippen LogP contribution is 2.34. The highest BCUT2D eigenvalue weighted by molar-refractivity contribution is 8.00. The van der Waals surface area contributed by atoms with Crippen molar-refractivity contribution in [2.75, 3.05) is 12.4 Å². The van der Waals surface area contributed by atoms with Crippen molar-refractivity contribution in [3.63, 3.8) is 0 Å². The first-order chi connectivity index (χ1) is 14.5. The lowest BCUT2D eigenvalue weighted by molar-refractivity contribution is -0.115. The average molecular weight is 461 g/mol. The molecule has 4 aromatic rings. The number of carbonyl (C=O) groups excluding carboxylic acids is 1. The van der Waals surface area contributed by atoms with Gasteiger partial charge in [-0.05, 0) is 42.1 Å². The van der Waals surface area contributed by atoms with Gasteiger partial charge in [0.1, 0.15) is 16.6 Å². The van der Waals surface area contributed by atoms with Crippen LogP contribution >= 0.6 is 34.7 Å². The highest BCUT2D eigenvalue weighted by atomic mass is 35.5. The Bertz CT molecular complexity index is 1220. The summed E-state index contributed by atoms with van der Waals surface area (Å²) in [7, 11) is 1.56. The van der Waals surface area contributed by atoms with Gasteiger partial charge >= 0.3 is 0 Å². The lowest BCUT2D eigenvalue weighted by Crippen LogP contribution is -2.25. The van der Waals surface area contributed by atoms with Gasteiger partial charge in [-0.3, -0.25) is 9.20 Å². The van der Waals surface area contributed by atoms with Crippen molar-refractivity contribution in [3.8, 4) is 5.75 Å². The van der Waals surface area contributed by atoms with Gasteiger partial charge < -0.3 is 10.1 Å². The maximum Gasteiger partial charge on any atom is 0.237 e. The van der Waals surface area contributed by atoms with E-state index >= 15 is 0 Å². The average Bonchev–Trinajstić information content (AvgIpc) is 3.34. The van der Waals surface area contributed by atoms with E-state index in [0.717, 1.165) is 28.3 Å². The fourth-order valence-electron chi connectivity index (χ4n) is 3.30. The van der Waals surface area contributed by atoms with Gasteiger partial charge in [-0.1, -0.05) is 37.2 Å². The Morgan fingerprint density at radius 1 is 1.27 bits per heavy atom. The van der Waals surface area contributed by atoms with Gasteiger partial charge in [0.25, 0.3) is 0 Å². The predicted octanol–water partition coefficient (Wildman–Crippen LogP) is 5.68. The van der Waals surface area contributed by atoms with Gasteiger partial charge in [-0.25, -0.2) is 0 Å². The molecule has 0 aliphatic heterocycles. The van der Waals surface area contributed by atoms with Gasteiger partial charge in [0.05, 0.1) is 33.1 Å².